The Kier molecular flexibility index (Phi) is 5.82. The number of hydrogen-bond acceptors (Lipinski definition) is 3. The molecule has 1 atom stereocenters. The Morgan fingerprint density at radius 1 is 1.00 bits per heavy atom. The van der Waals surface area contributed by atoms with Crippen molar-refractivity contribution in [1.82, 2.24) is 19.4 Å². The van der Waals surface area contributed by atoms with E-state index in [0.717, 1.165) is 53.5 Å². The summed E-state index contributed by atoms with van der Waals surface area (Å²) in [6, 6.07) is 16.4. The van der Waals surface area contributed by atoms with Crippen LogP contribution in [-0.2, 0) is 29.6 Å². The zero-order chi connectivity index (χ0) is 23.6. The van der Waals surface area contributed by atoms with Crippen LogP contribution in [0.4, 0.5) is 0 Å². The van der Waals surface area contributed by atoms with E-state index >= 15 is 0 Å². The van der Waals surface area contributed by atoms with E-state index < -0.39 is 0 Å². The molecular weight excluding hydrogens is 460 g/mol. The maximum atomic E-state index is 13.0. The van der Waals surface area contributed by atoms with Crippen LogP contribution in [0.25, 0.3) is 33.0 Å². The van der Waals surface area contributed by atoms with E-state index in [2.05, 4.69) is 47.1 Å². The molecule has 2 aromatic carbocycles. The van der Waals surface area contributed by atoms with E-state index in [0.29, 0.717) is 17.1 Å². The second kappa shape index (κ2) is 8.70. The topological polar surface area (TPSA) is 59.3 Å². The number of nitrogens with one attached hydrogen (secondary N) is 1. The van der Waals surface area contributed by atoms with Crippen LogP contribution in [-0.4, -0.2) is 46.5 Å². The van der Waals surface area contributed by atoms with Crippen LogP contribution >= 0.6 is 12.4 Å². The summed E-state index contributed by atoms with van der Waals surface area (Å²) in [4.78, 5) is 28.3. The van der Waals surface area contributed by atoms with Crippen LogP contribution < -0.4 is 5.32 Å². The van der Waals surface area contributed by atoms with Crippen LogP contribution in [0.5, 0.6) is 0 Å². The van der Waals surface area contributed by atoms with Gasteiger partial charge in [-0.15, -0.1) is 12.4 Å². The molecule has 35 heavy (non-hydrogen) atoms. The zero-order valence-electron chi connectivity index (χ0n) is 20.2. The lowest BCUT2D eigenvalue weighted by Gasteiger charge is -2.27. The predicted octanol–water partition coefficient (Wildman–Crippen LogP) is 4.25. The van der Waals surface area contributed by atoms with Crippen LogP contribution in [0.3, 0.4) is 0 Å². The van der Waals surface area contributed by atoms with E-state index in [-0.39, 0.29) is 24.2 Å². The first-order valence-corrected chi connectivity index (χ1v) is 11.8. The van der Waals surface area contributed by atoms with Gasteiger partial charge in [-0.05, 0) is 62.0 Å². The third-order valence-electron chi connectivity index (χ3n) is 7.26. The van der Waals surface area contributed by atoms with Crippen molar-refractivity contribution in [3.8, 4) is 0 Å². The molecule has 2 aliphatic rings. The Hall–Kier alpha value is -3.35. The highest BCUT2D eigenvalue weighted by molar-refractivity contribution is 6.50. The van der Waals surface area contributed by atoms with Gasteiger partial charge in [0.05, 0.1) is 11.1 Å². The number of carbonyl (C=O) groups excluding carboxylic acids is 2. The number of nitrogens with zero attached hydrogens (tertiary/aromatic N) is 3. The highest BCUT2D eigenvalue weighted by Gasteiger charge is 2.34. The molecule has 0 bridgehead atoms. The van der Waals surface area contributed by atoms with Crippen molar-refractivity contribution < 1.29 is 9.59 Å². The minimum Gasteiger partial charge on any atom is -0.350 e. The molecular formula is C28H29ClN4O2. The quantitative estimate of drug-likeness (QED) is 0.437. The number of halogens is 1. The SMILES string of the molecule is CN(C)C[C@H]1CCn2c(cc3ccc(C4=C(c5cn(C)c6ccccc56)C(=O)NC4=O)cc32)C1.Cl. The normalized spacial score (nSPS) is 17.9. The van der Waals surface area contributed by atoms with Crippen LogP contribution in [0, 0.1) is 5.92 Å². The van der Waals surface area contributed by atoms with Crippen LogP contribution in [0.2, 0.25) is 0 Å². The van der Waals surface area contributed by atoms with Gasteiger partial charge in [0.2, 0.25) is 0 Å². The molecule has 7 heteroatoms. The summed E-state index contributed by atoms with van der Waals surface area (Å²) in [5.41, 5.74) is 6.00. The first kappa shape index (κ1) is 23.4. The number of fused-ring (bicyclic) bond motifs is 4. The Morgan fingerprint density at radius 3 is 2.57 bits per heavy atom. The van der Waals surface area contributed by atoms with Crippen molar-refractivity contribution in [1.29, 1.82) is 0 Å². The number of amides is 2. The van der Waals surface area contributed by atoms with Crippen molar-refractivity contribution in [2.45, 2.75) is 19.4 Å². The van der Waals surface area contributed by atoms with Gasteiger partial charge in [-0.2, -0.15) is 0 Å². The van der Waals surface area contributed by atoms with Crippen molar-refractivity contribution >= 4 is 57.2 Å². The van der Waals surface area contributed by atoms with Gasteiger partial charge >= 0.3 is 0 Å². The second-order valence-corrected chi connectivity index (χ2v) is 9.89. The number of imide groups is 1. The molecule has 0 saturated carbocycles. The Bertz CT molecular complexity index is 1520. The molecule has 1 N–H and O–H groups in total. The monoisotopic (exact) mass is 488 g/mol. The lowest BCUT2D eigenvalue weighted by Crippen LogP contribution is -2.28. The molecule has 6 rings (SSSR count). The highest BCUT2D eigenvalue weighted by Crippen LogP contribution is 2.37. The molecule has 4 heterocycles. The predicted molar refractivity (Wildman–Crippen MR) is 142 cm³/mol. The maximum Gasteiger partial charge on any atom is 0.259 e. The number of benzene rings is 2. The summed E-state index contributed by atoms with van der Waals surface area (Å²) in [7, 11) is 6.22. The second-order valence-electron chi connectivity index (χ2n) is 9.89. The van der Waals surface area contributed by atoms with Crippen molar-refractivity contribution in [2.75, 3.05) is 20.6 Å². The van der Waals surface area contributed by atoms with Crippen molar-refractivity contribution in [2.24, 2.45) is 13.0 Å². The lowest BCUT2D eigenvalue weighted by atomic mass is 9.95. The number of aryl methyl sites for hydroxylation is 2. The summed E-state index contributed by atoms with van der Waals surface area (Å²) in [6.45, 7) is 2.07. The van der Waals surface area contributed by atoms with E-state index in [4.69, 9.17) is 0 Å². The zero-order valence-corrected chi connectivity index (χ0v) is 21.0. The van der Waals surface area contributed by atoms with E-state index in [1.54, 1.807) is 0 Å². The maximum absolute atomic E-state index is 13.0. The minimum absolute atomic E-state index is 0. The summed E-state index contributed by atoms with van der Waals surface area (Å²) in [5.74, 6) is -0.00546. The van der Waals surface area contributed by atoms with Crippen molar-refractivity contribution in [3.05, 3.63) is 71.5 Å². The smallest absolute Gasteiger partial charge is 0.259 e. The van der Waals surface area contributed by atoms with Crippen molar-refractivity contribution in [3.63, 3.8) is 0 Å². The summed E-state index contributed by atoms with van der Waals surface area (Å²) in [5, 5.41) is 4.69. The number of aromatic nitrogens is 2. The fourth-order valence-corrected chi connectivity index (χ4v) is 5.81. The molecule has 0 saturated heterocycles. The standard InChI is InChI=1S/C28H28N4O2.ClH/c1-30(2)15-17-10-11-32-20(12-17)13-18-8-9-19(14-24(18)32)25-26(28(34)29-27(25)33)22-16-31(3)23-7-5-4-6-21(22)23;/h4-9,13-14,16-17H,10-12,15H2,1-3H3,(H,29,33,34);1H/t17-;/m0./s1. The van der Waals surface area contributed by atoms with E-state index in [1.165, 1.54) is 11.1 Å². The third kappa shape index (κ3) is 3.77. The first-order chi connectivity index (χ1) is 16.4. The fourth-order valence-electron chi connectivity index (χ4n) is 5.81. The molecule has 4 aromatic rings. The molecule has 0 radical (unpaired) electrons. The van der Waals surface area contributed by atoms with Crippen LogP contribution in [0.1, 0.15) is 23.2 Å². The Labute approximate surface area is 210 Å². The van der Waals surface area contributed by atoms with Crippen LogP contribution in [0.15, 0.2) is 54.7 Å². The molecule has 2 aliphatic heterocycles. The van der Waals surface area contributed by atoms with Gasteiger partial charge in [-0.25, -0.2) is 0 Å². The average Bonchev–Trinajstić information content (AvgIpc) is 3.43. The molecule has 0 fully saturated rings. The van der Waals surface area contributed by atoms with Gasteiger partial charge in [-0.1, -0.05) is 30.3 Å². The average molecular weight is 489 g/mol. The fraction of sp³-hybridized carbons (Fsp3) is 0.286. The summed E-state index contributed by atoms with van der Waals surface area (Å²) < 4.78 is 4.39. The summed E-state index contributed by atoms with van der Waals surface area (Å²) in [6.07, 6.45) is 4.15. The highest BCUT2D eigenvalue weighted by atomic mass is 35.5. The van der Waals surface area contributed by atoms with Gasteiger partial charge in [0.25, 0.3) is 11.8 Å². The number of para-hydroxylation sites is 1. The molecule has 0 spiro atoms. The van der Waals surface area contributed by atoms with Gasteiger partial charge in [0.15, 0.2) is 0 Å². The van der Waals surface area contributed by atoms with E-state index in [9.17, 15) is 9.59 Å². The number of rotatable bonds is 4. The third-order valence-corrected chi connectivity index (χ3v) is 7.26. The van der Waals surface area contributed by atoms with E-state index in [1.807, 2.05) is 48.1 Å². The molecule has 0 unspecified atom stereocenters. The molecule has 2 amide bonds. The largest absolute Gasteiger partial charge is 0.350 e. The molecule has 6 nitrogen and oxygen atoms in total. The Balaban J connectivity index is 0.00000253. The molecule has 2 aromatic heterocycles. The minimum atomic E-state index is -0.333. The number of carbonyl (C=O) groups is 2. The van der Waals surface area contributed by atoms with Gasteiger partial charge < -0.3 is 14.0 Å². The van der Waals surface area contributed by atoms with Gasteiger partial charge in [0.1, 0.15) is 0 Å². The van der Waals surface area contributed by atoms with Gasteiger partial charge in [-0.3, -0.25) is 14.9 Å². The van der Waals surface area contributed by atoms with Gasteiger partial charge in [0, 0.05) is 54.0 Å². The first-order valence-electron chi connectivity index (χ1n) is 11.8. The molecule has 0 aliphatic carbocycles. The number of hydrogen-bond donors (Lipinski definition) is 1. The Morgan fingerprint density at radius 2 is 1.77 bits per heavy atom. The molecule has 180 valence electrons. The summed E-state index contributed by atoms with van der Waals surface area (Å²) >= 11 is 0. The lowest BCUT2D eigenvalue weighted by molar-refractivity contribution is -0.122.